The zero-order chi connectivity index (χ0) is 18.4. The molecular formula is C18H11ClN2O5. The molecule has 0 aliphatic rings. The lowest BCUT2D eigenvalue weighted by atomic mass is 10.2. The fraction of sp³-hybridized carbons (Fsp3) is 0. The standard InChI is InChI=1S/C18H11ClN2O5/c19-16-9-12(18(22)26-21-23)10-17(20-16)25-15-8-4-7-14(11-15)24-13-5-2-1-3-6-13/h1-11H. The van der Waals surface area contributed by atoms with Gasteiger partial charge in [-0.1, -0.05) is 35.9 Å². The van der Waals surface area contributed by atoms with Crippen molar-refractivity contribution in [1.82, 2.24) is 4.98 Å². The van der Waals surface area contributed by atoms with E-state index in [1.165, 1.54) is 12.1 Å². The number of nitrogens with zero attached hydrogens (tertiary/aromatic N) is 2. The molecule has 2 aromatic carbocycles. The minimum absolute atomic E-state index is 0.00274. The molecule has 0 N–H and O–H groups in total. The molecule has 1 aromatic heterocycles. The molecule has 0 spiro atoms. The van der Waals surface area contributed by atoms with E-state index in [0.29, 0.717) is 17.2 Å². The highest BCUT2D eigenvalue weighted by Crippen LogP contribution is 2.28. The lowest BCUT2D eigenvalue weighted by molar-refractivity contribution is 0.0508. The van der Waals surface area contributed by atoms with Crippen LogP contribution in [0.15, 0.2) is 72.1 Å². The van der Waals surface area contributed by atoms with E-state index in [4.69, 9.17) is 21.1 Å². The highest BCUT2D eigenvalue weighted by molar-refractivity contribution is 6.29. The third-order valence-corrected chi connectivity index (χ3v) is 3.33. The Morgan fingerprint density at radius 3 is 2.31 bits per heavy atom. The first-order valence-electron chi connectivity index (χ1n) is 7.36. The Bertz CT molecular complexity index is 934. The molecule has 0 aliphatic carbocycles. The third kappa shape index (κ3) is 4.55. The number of hydrogen-bond donors (Lipinski definition) is 0. The summed E-state index contributed by atoms with van der Waals surface area (Å²) < 4.78 is 11.3. The van der Waals surface area contributed by atoms with E-state index in [1.54, 1.807) is 24.3 Å². The maximum absolute atomic E-state index is 11.6. The Labute approximate surface area is 153 Å². The number of pyridine rings is 1. The molecule has 0 atom stereocenters. The average molecular weight is 371 g/mol. The number of hydrogen-bond acceptors (Lipinski definition) is 7. The fourth-order valence-electron chi connectivity index (χ4n) is 2.08. The summed E-state index contributed by atoms with van der Waals surface area (Å²) in [5.74, 6) is 0.737. The number of aromatic nitrogens is 1. The van der Waals surface area contributed by atoms with Crippen LogP contribution in [0.3, 0.4) is 0 Å². The maximum Gasteiger partial charge on any atom is 0.369 e. The molecule has 0 unspecified atom stereocenters. The molecule has 26 heavy (non-hydrogen) atoms. The second-order valence-corrected chi connectivity index (χ2v) is 5.35. The first-order chi connectivity index (χ1) is 12.6. The van der Waals surface area contributed by atoms with Crippen LogP contribution in [0, 0.1) is 4.91 Å². The number of para-hydroxylation sites is 1. The summed E-state index contributed by atoms with van der Waals surface area (Å²) in [6.07, 6.45) is 0. The summed E-state index contributed by atoms with van der Waals surface area (Å²) >= 11 is 5.87. The number of carbonyl (C=O) groups excluding carboxylic acids is 1. The van der Waals surface area contributed by atoms with Gasteiger partial charge in [-0.3, -0.25) is 4.84 Å². The van der Waals surface area contributed by atoms with Gasteiger partial charge in [-0.05, 0) is 30.3 Å². The molecule has 0 bridgehead atoms. The third-order valence-electron chi connectivity index (χ3n) is 3.13. The molecule has 8 heteroatoms. The summed E-state index contributed by atoms with van der Waals surface area (Å²) in [5, 5.41) is 2.08. The minimum Gasteiger partial charge on any atom is -0.457 e. The van der Waals surface area contributed by atoms with Gasteiger partial charge >= 0.3 is 5.97 Å². The molecular weight excluding hydrogens is 360 g/mol. The first kappa shape index (κ1) is 17.4. The predicted molar refractivity (Wildman–Crippen MR) is 93.5 cm³/mol. The largest absolute Gasteiger partial charge is 0.457 e. The van der Waals surface area contributed by atoms with Crippen molar-refractivity contribution in [2.24, 2.45) is 5.34 Å². The van der Waals surface area contributed by atoms with Gasteiger partial charge < -0.3 is 9.47 Å². The Kier molecular flexibility index (Phi) is 5.40. The van der Waals surface area contributed by atoms with Crippen molar-refractivity contribution in [2.75, 3.05) is 0 Å². The van der Waals surface area contributed by atoms with E-state index in [9.17, 15) is 9.70 Å². The highest BCUT2D eigenvalue weighted by Gasteiger charge is 2.13. The number of rotatable bonds is 6. The van der Waals surface area contributed by atoms with Crippen molar-refractivity contribution in [3.05, 3.63) is 82.4 Å². The van der Waals surface area contributed by atoms with Crippen LogP contribution in [0.5, 0.6) is 23.1 Å². The van der Waals surface area contributed by atoms with E-state index in [-0.39, 0.29) is 16.6 Å². The zero-order valence-corrected chi connectivity index (χ0v) is 13.9. The lowest BCUT2D eigenvalue weighted by Crippen LogP contribution is -2.02. The number of carbonyl (C=O) groups is 1. The van der Waals surface area contributed by atoms with Gasteiger partial charge in [0.25, 0.3) is 0 Å². The van der Waals surface area contributed by atoms with Crippen molar-refractivity contribution < 1.29 is 19.1 Å². The second-order valence-electron chi connectivity index (χ2n) is 4.96. The van der Waals surface area contributed by atoms with Crippen LogP contribution < -0.4 is 9.47 Å². The molecule has 0 aliphatic heterocycles. The molecule has 3 aromatic rings. The normalized spacial score (nSPS) is 10.0. The van der Waals surface area contributed by atoms with E-state index < -0.39 is 5.97 Å². The van der Waals surface area contributed by atoms with Gasteiger partial charge in [0.15, 0.2) is 5.34 Å². The Morgan fingerprint density at radius 2 is 1.58 bits per heavy atom. The van der Waals surface area contributed by atoms with Gasteiger partial charge in [-0.25, -0.2) is 9.78 Å². The summed E-state index contributed by atoms with van der Waals surface area (Å²) in [4.78, 5) is 29.6. The van der Waals surface area contributed by atoms with Crippen molar-refractivity contribution in [1.29, 1.82) is 0 Å². The minimum atomic E-state index is -0.963. The lowest BCUT2D eigenvalue weighted by Gasteiger charge is -2.09. The van der Waals surface area contributed by atoms with Crippen LogP contribution in [-0.2, 0) is 4.84 Å². The zero-order valence-electron chi connectivity index (χ0n) is 13.2. The van der Waals surface area contributed by atoms with Gasteiger partial charge in [0, 0.05) is 12.1 Å². The van der Waals surface area contributed by atoms with Gasteiger partial charge in [0.1, 0.15) is 22.4 Å². The smallest absolute Gasteiger partial charge is 0.369 e. The number of ether oxygens (including phenoxy) is 2. The van der Waals surface area contributed by atoms with E-state index >= 15 is 0 Å². The topological polar surface area (TPSA) is 87.1 Å². The monoisotopic (exact) mass is 370 g/mol. The Balaban J connectivity index is 1.79. The van der Waals surface area contributed by atoms with Crippen molar-refractivity contribution in [3.63, 3.8) is 0 Å². The molecule has 0 saturated heterocycles. The Hall–Kier alpha value is -3.45. The molecule has 3 rings (SSSR count). The van der Waals surface area contributed by atoms with Crippen LogP contribution >= 0.6 is 11.6 Å². The van der Waals surface area contributed by atoms with Crippen molar-refractivity contribution >= 4 is 17.6 Å². The molecule has 0 saturated carbocycles. The molecule has 0 fully saturated rings. The van der Waals surface area contributed by atoms with E-state index in [2.05, 4.69) is 15.2 Å². The van der Waals surface area contributed by atoms with E-state index in [1.807, 2.05) is 30.3 Å². The Morgan fingerprint density at radius 1 is 0.885 bits per heavy atom. The predicted octanol–water partition coefficient (Wildman–Crippen LogP) is 5.16. The average Bonchev–Trinajstić information content (AvgIpc) is 2.62. The van der Waals surface area contributed by atoms with Crippen LogP contribution in [0.25, 0.3) is 0 Å². The molecule has 130 valence electrons. The SMILES string of the molecule is O=NOC(=O)c1cc(Cl)nc(Oc2cccc(Oc3ccccc3)c2)c1. The van der Waals surface area contributed by atoms with Gasteiger partial charge in [0.2, 0.25) is 5.88 Å². The summed E-state index contributed by atoms with van der Waals surface area (Å²) in [6.45, 7) is 0. The van der Waals surface area contributed by atoms with Crippen LogP contribution in [0.2, 0.25) is 5.15 Å². The summed E-state index contributed by atoms with van der Waals surface area (Å²) in [6, 6.07) is 18.6. The van der Waals surface area contributed by atoms with Crippen molar-refractivity contribution in [3.8, 4) is 23.1 Å². The quantitative estimate of drug-likeness (QED) is 0.338. The molecule has 1 heterocycles. The fourth-order valence-corrected chi connectivity index (χ4v) is 2.28. The molecule has 7 nitrogen and oxygen atoms in total. The van der Waals surface area contributed by atoms with Crippen LogP contribution in [0.4, 0.5) is 0 Å². The molecule has 0 radical (unpaired) electrons. The molecule has 0 amide bonds. The van der Waals surface area contributed by atoms with Gasteiger partial charge in [-0.2, -0.15) is 0 Å². The summed E-state index contributed by atoms with van der Waals surface area (Å²) in [5.41, 5.74) is -0.0173. The number of benzene rings is 2. The first-order valence-corrected chi connectivity index (χ1v) is 7.74. The maximum atomic E-state index is 11.6. The van der Waals surface area contributed by atoms with Crippen LogP contribution in [-0.4, -0.2) is 11.0 Å². The van der Waals surface area contributed by atoms with Gasteiger partial charge in [0.05, 0.1) is 5.56 Å². The number of halogens is 1. The highest BCUT2D eigenvalue weighted by atomic mass is 35.5. The van der Waals surface area contributed by atoms with E-state index in [0.717, 1.165) is 0 Å². The summed E-state index contributed by atoms with van der Waals surface area (Å²) in [7, 11) is 0. The van der Waals surface area contributed by atoms with Gasteiger partial charge in [-0.15, -0.1) is 4.91 Å². The second kappa shape index (κ2) is 8.09. The van der Waals surface area contributed by atoms with Crippen molar-refractivity contribution in [2.45, 2.75) is 0 Å². The van der Waals surface area contributed by atoms with Crippen LogP contribution in [0.1, 0.15) is 10.4 Å².